The minimum absolute atomic E-state index is 0.134. The Balaban J connectivity index is 1.66. The Labute approximate surface area is 161 Å². The number of aromatic amines is 1. The fraction of sp³-hybridized carbons (Fsp3) is 0.200. The maximum atomic E-state index is 12.3. The first-order valence-corrected chi connectivity index (χ1v) is 9.00. The Bertz CT molecular complexity index is 984. The van der Waals surface area contributed by atoms with Gasteiger partial charge in [0.15, 0.2) is 12.0 Å². The van der Waals surface area contributed by atoms with Crippen LogP contribution in [0.5, 0.6) is 0 Å². The molecule has 7 heteroatoms. The molecular formula is C20H18N2O4S. The van der Waals surface area contributed by atoms with E-state index in [0.717, 1.165) is 11.1 Å². The van der Waals surface area contributed by atoms with Crippen molar-refractivity contribution in [3.05, 3.63) is 76.8 Å². The number of aromatic nitrogens is 1. The van der Waals surface area contributed by atoms with E-state index >= 15 is 0 Å². The lowest BCUT2D eigenvalue weighted by atomic mass is 10.0. The summed E-state index contributed by atoms with van der Waals surface area (Å²) in [4.78, 5) is 16.7. The zero-order valence-corrected chi connectivity index (χ0v) is 15.2. The second kappa shape index (κ2) is 7.38. The van der Waals surface area contributed by atoms with Crippen LogP contribution in [0.1, 0.15) is 17.5 Å². The second-order valence-corrected chi connectivity index (χ2v) is 6.70. The topological polar surface area (TPSA) is 78.7 Å². The number of nitrogens with zero attached hydrogens (tertiary/aromatic N) is 1. The molecule has 1 unspecified atom stereocenters. The van der Waals surface area contributed by atoms with Gasteiger partial charge in [0, 0.05) is 5.56 Å². The molecule has 4 rings (SSSR count). The minimum Gasteiger partial charge on any atom is -0.447 e. The molecule has 2 aromatic carbocycles. The van der Waals surface area contributed by atoms with Gasteiger partial charge in [-0.05, 0) is 24.2 Å². The summed E-state index contributed by atoms with van der Waals surface area (Å²) in [6.45, 7) is 0.212. The van der Waals surface area contributed by atoms with E-state index in [1.807, 2.05) is 60.7 Å². The van der Waals surface area contributed by atoms with Crippen molar-refractivity contribution >= 4 is 18.3 Å². The predicted octanol–water partition coefficient (Wildman–Crippen LogP) is 4.06. The maximum Gasteiger partial charge on any atom is 0.412 e. The van der Waals surface area contributed by atoms with E-state index in [1.54, 1.807) is 0 Å². The molecular weight excluding hydrogens is 364 g/mol. The van der Waals surface area contributed by atoms with Crippen LogP contribution in [0.15, 0.2) is 65.1 Å². The molecule has 0 radical (unpaired) electrons. The number of carbonyl (C=O) groups excluding carboxylic acids is 1. The summed E-state index contributed by atoms with van der Waals surface area (Å²) in [5, 5.41) is 11.0. The molecule has 0 bridgehead atoms. The van der Waals surface area contributed by atoms with Crippen molar-refractivity contribution < 1.29 is 19.1 Å². The average Bonchev–Trinajstić information content (AvgIpc) is 3.26. The van der Waals surface area contributed by atoms with E-state index in [2.05, 4.69) is 4.98 Å². The van der Waals surface area contributed by atoms with Gasteiger partial charge in [0.05, 0.1) is 6.04 Å². The summed E-state index contributed by atoms with van der Waals surface area (Å²) in [7, 11) is 0. The van der Waals surface area contributed by atoms with Crippen molar-refractivity contribution in [1.29, 1.82) is 0 Å². The molecule has 2 heterocycles. The van der Waals surface area contributed by atoms with Gasteiger partial charge in [0.1, 0.15) is 12.3 Å². The van der Waals surface area contributed by atoms with Crippen molar-refractivity contribution in [3.63, 3.8) is 0 Å². The molecule has 2 N–H and O–H groups in total. The highest BCUT2D eigenvalue weighted by Crippen LogP contribution is 2.33. The molecule has 1 fully saturated rings. The third-order valence-electron chi connectivity index (χ3n) is 4.55. The number of hydrogen-bond donors (Lipinski definition) is 2. The van der Waals surface area contributed by atoms with E-state index in [9.17, 15) is 9.90 Å². The SMILES string of the molecule is O=C1OC[C@H](Cc2ccccc2)N1C(O)c1[nH]c(=S)oc1-c1ccccc1. The normalized spacial score (nSPS) is 17.7. The van der Waals surface area contributed by atoms with Crippen LogP contribution in [0.4, 0.5) is 4.79 Å². The number of H-pyrrole nitrogens is 1. The lowest BCUT2D eigenvalue weighted by Crippen LogP contribution is -2.38. The highest BCUT2D eigenvalue weighted by Gasteiger charge is 2.40. The van der Waals surface area contributed by atoms with Gasteiger partial charge < -0.3 is 19.2 Å². The van der Waals surface area contributed by atoms with E-state index in [0.29, 0.717) is 17.9 Å². The van der Waals surface area contributed by atoms with Crippen LogP contribution < -0.4 is 0 Å². The van der Waals surface area contributed by atoms with Gasteiger partial charge in [-0.3, -0.25) is 4.90 Å². The molecule has 1 aliphatic rings. The maximum absolute atomic E-state index is 12.3. The second-order valence-electron chi connectivity index (χ2n) is 6.32. The Kier molecular flexibility index (Phi) is 4.79. The highest BCUT2D eigenvalue weighted by atomic mass is 32.1. The third-order valence-corrected chi connectivity index (χ3v) is 4.74. The molecule has 0 aliphatic carbocycles. The molecule has 1 aromatic heterocycles. The Hall–Kier alpha value is -2.90. The van der Waals surface area contributed by atoms with Gasteiger partial charge in [0.2, 0.25) is 0 Å². The molecule has 1 saturated heterocycles. The number of ether oxygens (including phenoxy) is 1. The Morgan fingerprint density at radius 1 is 1.15 bits per heavy atom. The standard InChI is InChI=1S/C20H18N2O4S/c23-18(16-17(26-19(27)21-16)14-9-5-2-6-10-14)22-15(12-25-20(22)24)11-13-7-3-1-4-8-13/h1-10,15,18,23H,11-12H2,(H,21,27)/t15-,18?/m0/s1. The summed E-state index contributed by atoms with van der Waals surface area (Å²) in [5.74, 6) is 0.409. The smallest absolute Gasteiger partial charge is 0.412 e. The fourth-order valence-electron chi connectivity index (χ4n) is 3.28. The summed E-state index contributed by atoms with van der Waals surface area (Å²) in [5.41, 5.74) is 2.15. The van der Waals surface area contributed by atoms with Crippen LogP contribution in [0, 0.1) is 4.84 Å². The number of aliphatic hydroxyl groups is 1. The quantitative estimate of drug-likeness (QED) is 0.651. The van der Waals surface area contributed by atoms with Crippen LogP contribution in [0.25, 0.3) is 11.3 Å². The lowest BCUT2D eigenvalue weighted by Gasteiger charge is -2.26. The molecule has 0 spiro atoms. The van der Waals surface area contributed by atoms with Crippen molar-refractivity contribution in [2.75, 3.05) is 6.61 Å². The van der Waals surface area contributed by atoms with Crippen molar-refractivity contribution in [1.82, 2.24) is 9.88 Å². The van der Waals surface area contributed by atoms with Crippen LogP contribution in [0.2, 0.25) is 0 Å². The van der Waals surface area contributed by atoms with Crippen LogP contribution >= 0.6 is 12.2 Å². The van der Waals surface area contributed by atoms with Crippen molar-refractivity contribution in [2.24, 2.45) is 0 Å². The molecule has 6 nitrogen and oxygen atoms in total. The van der Waals surface area contributed by atoms with E-state index < -0.39 is 12.3 Å². The fourth-order valence-corrected chi connectivity index (χ4v) is 3.47. The largest absolute Gasteiger partial charge is 0.447 e. The van der Waals surface area contributed by atoms with Crippen molar-refractivity contribution in [2.45, 2.75) is 18.7 Å². The van der Waals surface area contributed by atoms with E-state index in [1.165, 1.54) is 4.90 Å². The molecule has 2 atom stereocenters. The van der Waals surface area contributed by atoms with Crippen molar-refractivity contribution in [3.8, 4) is 11.3 Å². The van der Waals surface area contributed by atoms with Gasteiger partial charge in [-0.2, -0.15) is 0 Å². The summed E-state index contributed by atoms with van der Waals surface area (Å²) in [6, 6.07) is 18.8. The summed E-state index contributed by atoms with van der Waals surface area (Å²) >= 11 is 5.11. The number of benzene rings is 2. The summed E-state index contributed by atoms with van der Waals surface area (Å²) < 4.78 is 10.8. The Morgan fingerprint density at radius 3 is 2.52 bits per heavy atom. The molecule has 27 heavy (non-hydrogen) atoms. The molecule has 138 valence electrons. The number of carbonyl (C=O) groups is 1. The number of oxazole rings is 1. The van der Waals surface area contributed by atoms with Gasteiger partial charge >= 0.3 is 6.09 Å². The molecule has 1 aliphatic heterocycles. The zero-order chi connectivity index (χ0) is 18.8. The van der Waals surface area contributed by atoms with Crippen LogP contribution in [-0.4, -0.2) is 33.7 Å². The first-order valence-electron chi connectivity index (χ1n) is 8.59. The number of hydrogen-bond acceptors (Lipinski definition) is 5. The van der Waals surface area contributed by atoms with Gasteiger partial charge in [-0.25, -0.2) is 4.79 Å². The minimum atomic E-state index is -1.26. The van der Waals surface area contributed by atoms with Crippen LogP contribution in [0.3, 0.4) is 0 Å². The van der Waals surface area contributed by atoms with E-state index in [4.69, 9.17) is 21.4 Å². The molecule has 3 aromatic rings. The first-order chi connectivity index (χ1) is 13.1. The zero-order valence-electron chi connectivity index (χ0n) is 14.4. The number of rotatable bonds is 5. The molecule has 0 saturated carbocycles. The Morgan fingerprint density at radius 2 is 1.81 bits per heavy atom. The predicted molar refractivity (Wildman–Crippen MR) is 101 cm³/mol. The van der Waals surface area contributed by atoms with Gasteiger partial charge in [0.25, 0.3) is 4.84 Å². The van der Waals surface area contributed by atoms with E-state index in [-0.39, 0.29) is 17.5 Å². The van der Waals surface area contributed by atoms with Gasteiger partial charge in [-0.15, -0.1) is 0 Å². The third kappa shape index (κ3) is 3.51. The lowest BCUT2D eigenvalue weighted by molar-refractivity contribution is 0.0152. The average molecular weight is 382 g/mol. The van der Waals surface area contributed by atoms with Crippen LogP contribution in [-0.2, 0) is 11.2 Å². The monoisotopic (exact) mass is 382 g/mol. The number of aliphatic hydroxyl groups excluding tert-OH is 1. The molecule has 1 amide bonds. The van der Waals surface area contributed by atoms with Gasteiger partial charge in [-0.1, -0.05) is 60.7 Å². The number of cyclic esters (lactones) is 1. The number of nitrogens with one attached hydrogen (secondary N) is 1. The first kappa shape index (κ1) is 17.5. The number of amides is 1. The highest BCUT2D eigenvalue weighted by molar-refractivity contribution is 7.71. The summed E-state index contributed by atoms with van der Waals surface area (Å²) in [6.07, 6.45) is -1.25.